The zero-order valence-electron chi connectivity index (χ0n) is 15.4. The lowest BCUT2D eigenvalue weighted by molar-refractivity contribution is 0.102. The molecule has 142 valence electrons. The predicted molar refractivity (Wildman–Crippen MR) is 106 cm³/mol. The van der Waals surface area contributed by atoms with Crippen molar-refractivity contribution in [3.63, 3.8) is 0 Å². The number of amides is 2. The first-order valence-electron chi connectivity index (χ1n) is 9.08. The SMILES string of the molecule is COC(=O)Nc1ccc(NC(=O)c2nn(-c3ccccc3)c3c2CCC3)cc1. The Labute approximate surface area is 162 Å². The molecule has 0 fully saturated rings. The smallest absolute Gasteiger partial charge is 0.411 e. The Hall–Kier alpha value is -3.61. The van der Waals surface area contributed by atoms with Gasteiger partial charge in [0.25, 0.3) is 5.91 Å². The number of nitrogens with one attached hydrogen (secondary N) is 2. The summed E-state index contributed by atoms with van der Waals surface area (Å²) < 4.78 is 6.43. The summed E-state index contributed by atoms with van der Waals surface area (Å²) in [5, 5.41) is 10.1. The first kappa shape index (κ1) is 17.8. The maximum Gasteiger partial charge on any atom is 0.411 e. The predicted octanol–water partition coefficient (Wildman–Crippen LogP) is 3.79. The number of para-hydroxylation sites is 1. The molecule has 1 heterocycles. The van der Waals surface area contributed by atoms with Crippen LogP contribution in [0.3, 0.4) is 0 Å². The van der Waals surface area contributed by atoms with E-state index in [9.17, 15) is 9.59 Å². The summed E-state index contributed by atoms with van der Waals surface area (Å²) in [6.45, 7) is 0. The highest BCUT2D eigenvalue weighted by molar-refractivity contribution is 6.04. The lowest BCUT2D eigenvalue weighted by atomic mass is 10.2. The number of ether oxygens (including phenoxy) is 1. The van der Waals surface area contributed by atoms with E-state index in [0.717, 1.165) is 36.2 Å². The zero-order valence-corrected chi connectivity index (χ0v) is 15.4. The Morgan fingerprint density at radius 3 is 2.32 bits per heavy atom. The molecule has 0 radical (unpaired) electrons. The molecular formula is C21H20N4O3. The van der Waals surface area contributed by atoms with Crippen LogP contribution in [0.1, 0.15) is 28.2 Å². The van der Waals surface area contributed by atoms with Crippen LogP contribution < -0.4 is 10.6 Å². The van der Waals surface area contributed by atoms with E-state index in [-0.39, 0.29) is 5.91 Å². The molecule has 0 bridgehead atoms. The van der Waals surface area contributed by atoms with Gasteiger partial charge in [-0.2, -0.15) is 5.10 Å². The molecule has 0 unspecified atom stereocenters. The topological polar surface area (TPSA) is 85.2 Å². The molecule has 2 N–H and O–H groups in total. The summed E-state index contributed by atoms with van der Waals surface area (Å²) in [5.41, 5.74) is 4.76. The lowest BCUT2D eigenvalue weighted by Gasteiger charge is -2.07. The molecule has 3 aromatic rings. The molecule has 7 heteroatoms. The van der Waals surface area contributed by atoms with Gasteiger partial charge in [0.2, 0.25) is 0 Å². The van der Waals surface area contributed by atoms with E-state index in [4.69, 9.17) is 0 Å². The molecule has 2 aromatic carbocycles. The third-order valence-electron chi connectivity index (χ3n) is 4.72. The van der Waals surface area contributed by atoms with E-state index in [1.165, 1.54) is 7.11 Å². The van der Waals surface area contributed by atoms with Gasteiger partial charge in [0.15, 0.2) is 5.69 Å². The fourth-order valence-electron chi connectivity index (χ4n) is 3.40. The van der Waals surface area contributed by atoms with E-state index in [0.29, 0.717) is 17.1 Å². The number of fused-ring (bicyclic) bond motifs is 1. The fourth-order valence-corrected chi connectivity index (χ4v) is 3.40. The van der Waals surface area contributed by atoms with Gasteiger partial charge in [-0.15, -0.1) is 0 Å². The molecule has 28 heavy (non-hydrogen) atoms. The largest absolute Gasteiger partial charge is 0.453 e. The zero-order chi connectivity index (χ0) is 19.5. The Bertz CT molecular complexity index is 1010. The third-order valence-corrected chi connectivity index (χ3v) is 4.72. The molecular weight excluding hydrogens is 356 g/mol. The van der Waals surface area contributed by atoms with Crippen LogP contribution >= 0.6 is 0 Å². The molecule has 0 saturated heterocycles. The average Bonchev–Trinajstić information content (AvgIpc) is 3.32. The Morgan fingerprint density at radius 1 is 0.964 bits per heavy atom. The molecule has 0 spiro atoms. The summed E-state index contributed by atoms with van der Waals surface area (Å²) >= 11 is 0. The van der Waals surface area contributed by atoms with Crippen LogP contribution in [0.2, 0.25) is 0 Å². The number of hydrogen-bond donors (Lipinski definition) is 2. The Balaban J connectivity index is 1.55. The van der Waals surface area contributed by atoms with E-state index in [2.05, 4.69) is 20.5 Å². The fraction of sp³-hybridized carbons (Fsp3) is 0.190. The number of anilines is 2. The normalized spacial score (nSPS) is 12.3. The highest BCUT2D eigenvalue weighted by atomic mass is 16.5. The minimum Gasteiger partial charge on any atom is -0.453 e. The average molecular weight is 376 g/mol. The quantitative estimate of drug-likeness (QED) is 0.725. The molecule has 0 saturated carbocycles. The van der Waals surface area contributed by atoms with E-state index in [1.54, 1.807) is 24.3 Å². The van der Waals surface area contributed by atoms with Crippen molar-refractivity contribution in [2.75, 3.05) is 17.7 Å². The molecule has 4 rings (SSSR count). The van der Waals surface area contributed by atoms with Crippen LogP contribution in [0.5, 0.6) is 0 Å². The van der Waals surface area contributed by atoms with Gasteiger partial charge < -0.3 is 10.1 Å². The van der Waals surface area contributed by atoms with E-state index >= 15 is 0 Å². The van der Waals surface area contributed by atoms with Gasteiger partial charge >= 0.3 is 6.09 Å². The van der Waals surface area contributed by atoms with Crippen LogP contribution in [0, 0.1) is 0 Å². The molecule has 1 aromatic heterocycles. The number of aromatic nitrogens is 2. The number of nitrogens with zero attached hydrogens (tertiary/aromatic N) is 2. The van der Waals surface area contributed by atoms with Crippen LogP contribution in [0.25, 0.3) is 5.69 Å². The minimum atomic E-state index is -0.543. The molecule has 0 atom stereocenters. The summed E-state index contributed by atoms with van der Waals surface area (Å²) in [6.07, 6.45) is 2.25. The van der Waals surface area contributed by atoms with Crippen molar-refractivity contribution < 1.29 is 14.3 Å². The van der Waals surface area contributed by atoms with Gasteiger partial charge in [0.05, 0.1) is 12.8 Å². The first-order chi connectivity index (χ1) is 13.7. The monoisotopic (exact) mass is 376 g/mol. The van der Waals surface area contributed by atoms with Crippen molar-refractivity contribution in [2.45, 2.75) is 19.3 Å². The van der Waals surface area contributed by atoms with Crippen molar-refractivity contribution in [3.8, 4) is 5.69 Å². The number of rotatable bonds is 4. The minimum absolute atomic E-state index is 0.235. The second-order valence-corrected chi connectivity index (χ2v) is 6.52. The maximum atomic E-state index is 12.9. The molecule has 0 aliphatic heterocycles. The molecule has 1 aliphatic carbocycles. The maximum absolute atomic E-state index is 12.9. The standard InChI is InChI=1S/C21H20N4O3/c1-28-21(27)23-15-12-10-14(11-13-15)22-20(26)19-17-8-5-9-18(17)25(24-19)16-6-3-2-4-7-16/h2-4,6-7,10-13H,5,8-9H2,1H3,(H,22,26)(H,23,27). The third kappa shape index (κ3) is 3.46. The van der Waals surface area contributed by atoms with Crippen molar-refractivity contribution in [1.29, 1.82) is 0 Å². The summed E-state index contributed by atoms with van der Waals surface area (Å²) in [6, 6.07) is 16.7. The number of hydrogen-bond acceptors (Lipinski definition) is 4. The molecule has 7 nitrogen and oxygen atoms in total. The van der Waals surface area contributed by atoms with Crippen LogP contribution in [-0.2, 0) is 17.6 Å². The first-order valence-corrected chi connectivity index (χ1v) is 9.08. The summed E-state index contributed by atoms with van der Waals surface area (Å²) in [7, 11) is 1.30. The second-order valence-electron chi connectivity index (χ2n) is 6.52. The van der Waals surface area contributed by atoms with Gasteiger partial charge in [-0.1, -0.05) is 18.2 Å². The van der Waals surface area contributed by atoms with Gasteiger partial charge in [-0.05, 0) is 55.7 Å². The highest BCUT2D eigenvalue weighted by Gasteiger charge is 2.26. The number of carbonyl (C=O) groups excluding carboxylic acids is 2. The van der Waals surface area contributed by atoms with Gasteiger partial charge in [-0.25, -0.2) is 9.48 Å². The van der Waals surface area contributed by atoms with E-state index in [1.807, 2.05) is 35.0 Å². The van der Waals surface area contributed by atoms with Crippen molar-refractivity contribution >= 4 is 23.4 Å². The van der Waals surface area contributed by atoms with Crippen LogP contribution in [0.15, 0.2) is 54.6 Å². The number of methoxy groups -OCH3 is 1. The summed E-state index contributed by atoms with van der Waals surface area (Å²) in [4.78, 5) is 24.1. The highest BCUT2D eigenvalue weighted by Crippen LogP contribution is 2.28. The van der Waals surface area contributed by atoms with Crippen LogP contribution in [-0.4, -0.2) is 28.9 Å². The summed E-state index contributed by atoms with van der Waals surface area (Å²) in [5.74, 6) is -0.235. The second kappa shape index (κ2) is 7.56. The van der Waals surface area contributed by atoms with Crippen LogP contribution in [0.4, 0.5) is 16.2 Å². The van der Waals surface area contributed by atoms with Gasteiger partial charge in [0.1, 0.15) is 0 Å². The van der Waals surface area contributed by atoms with Gasteiger partial charge in [0, 0.05) is 22.6 Å². The Kier molecular flexibility index (Phi) is 4.80. The lowest BCUT2D eigenvalue weighted by Crippen LogP contribution is -2.15. The molecule has 2 amide bonds. The van der Waals surface area contributed by atoms with Crippen molar-refractivity contribution in [1.82, 2.24) is 9.78 Å². The number of carbonyl (C=O) groups is 2. The van der Waals surface area contributed by atoms with E-state index < -0.39 is 6.09 Å². The van der Waals surface area contributed by atoms with Crippen molar-refractivity contribution in [3.05, 3.63) is 71.5 Å². The number of benzene rings is 2. The molecule has 1 aliphatic rings. The Morgan fingerprint density at radius 2 is 1.64 bits per heavy atom. The van der Waals surface area contributed by atoms with Gasteiger partial charge in [-0.3, -0.25) is 10.1 Å². The van der Waals surface area contributed by atoms with Crippen molar-refractivity contribution in [2.24, 2.45) is 0 Å².